The molecule has 0 amide bonds. The molecule has 0 spiro atoms. The van der Waals surface area contributed by atoms with E-state index in [4.69, 9.17) is 9.52 Å². The van der Waals surface area contributed by atoms with E-state index in [0.717, 1.165) is 12.1 Å². The van der Waals surface area contributed by atoms with Gasteiger partial charge in [0.05, 0.1) is 16.6 Å². The Bertz CT molecular complexity index is 651. The van der Waals surface area contributed by atoms with Crippen molar-refractivity contribution >= 4 is 16.8 Å². The maximum Gasteiger partial charge on any atom is 0.371 e. The monoisotopic (exact) mass is 286 g/mol. The number of carboxylic acid groups (broad SMARTS) is 1. The van der Waals surface area contributed by atoms with Crippen molar-refractivity contribution in [3.63, 3.8) is 0 Å². The summed E-state index contributed by atoms with van der Waals surface area (Å²) >= 11 is 0. The molecule has 7 heteroatoms. The lowest BCUT2D eigenvalue weighted by Gasteiger charge is -2.00. The van der Waals surface area contributed by atoms with Crippen LogP contribution in [0.2, 0.25) is 0 Å². The van der Waals surface area contributed by atoms with Crippen molar-refractivity contribution in [2.75, 3.05) is 0 Å². The van der Waals surface area contributed by atoms with Crippen LogP contribution in [0, 0.1) is 11.6 Å². The Labute approximate surface area is 109 Å². The normalized spacial score (nSPS) is 12.3. The van der Waals surface area contributed by atoms with Crippen LogP contribution in [0.15, 0.2) is 39.8 Å². The summed E-state index contributed by atoms with van der Waals surface area (Å²) < 4.78 is 42.4. The number of benzene rings is 1. The predicted molar refractivity (Wildman–Crippen MR) is 62.1 cm³/mol. The van der Waals surface area contributed by atoms with Crippen LogP contribution >= 0.6 is 0 Å². The highest BCUT2D eigenvalue weighted by Crippen LogP contribution is 2.17. The zero-order chi connectivity index (χ0) is 14.0. The van der Waals surface area contributed by atoms with Crippen LogP contribution in [-0.4, -0.2) is 15.3 Å². The fourth-order valence-corrected chi connectivity index (χ4v) is 2.44. The molecule has 1 aromatic heterocycles. The smallest absolute Gasteiger partial charge is 0.371 e. The van der Waals surface area contributed by atoms with Crippen molar-refractivity contribution in [1.82, 2.24) is 0 Å². The van der Waals surface area contributed by atoms with Gasteiger partial charge >= 0.3 is 5.97 Å². The lowest BCUT2D eigenvalue weighted by Crippen LogP contribution is -1.97. The van der Waals surface area contributed by atoms with Gasteiger partial charge in [-0.2, -0.15) is 0 Å². The first kappa shape index (κ1) is 13.4. The average Bonchev–Trinajstić information content (AvgIpc) is 2.83. The molecule has 0 radical (unpaired) electrons. The predicted octanol–water partition coefficient (Wildman–Crippen LogP) is 2.56. The average molecular weight is 286 g/mol. The Kier molecular flexibility index (Phi) is 3.75. The second-order valence-electron chi connectivity index (χ2n) is 3.66. The van der Waals surface area contributed by atoms with Crippen molar-refractivity contribution in [3.8, 4) is 0 Å². The third kappa shape index (κ3) is 3.05. The molecule has 1 N–H and O–H groups in total. The molecule has 1 atom stereocenters. The number of carboxylic acids is 1. The summed E-state index contributed by atoms with van der Waals surface area (Å²) in [6.07, 6.45) is 0. The first-order valence-electron chi connectivity index (χ1n) is 5.13. The molecule has 19 heavy (non-hydrogen) atoms. The van der Waals surface area contributed by atoms with Crippen molar-refractivity contribution in [1.29, 1.82) is 0 Å². The van der Waals surface area contributed by atoms with E-state index < -0.39 is 28.4 Å². The van der Waals surface area contributed by atoms with Gasteiger partial charge in [0.1, 0.15) is 0 Å². The number of furan rings is 1. The number of halogens is 2. The molecule has 1 heterocycles. The van der Waals surface area contributed by atoms with E-state index in [9.17, 15) is 17.8 Å². The maximum atomic E-state index is 13.0. The summed E-state index contributed by atoms with van der Waals surface area (Å²) in [7, 11) is -1.66. The fourth-order valence-electron chi connectivity index (χ4n) is 1.41. The minimum absolute atomic E-state index is 0.0258. The van der Waals surface area contributed by atoms with Crippen LogP contribution in [0.3, 0.4) is 0 Å². The molecule has 100 valence electrons. The molecule has 0 aliphatic heterocycles. The third-order valence-electron chi connectivity index (χ3n) is 2.30. The Hall–Kier alpha value is -2.02. The maximum absolute atomic E-state index is 13.0. The second-order valence-corrected chi connectivity index (χ2v) is 5.04. The SMILES string of the molecule is O=C(O)c1ccc(S(=O)Cc2ccc(F)c(F)c2)o1. The van der Waals surface area contributed by atoms with Gasteiger partial charge < -0.3 is 9.52 Å². The summed E-state index contributed by atoms with van der Waals surface area (Å²) in [5.74, 6) is -3.70. The number of rotatable bonds is 4. The standard InChI is InChI=1S/C12H8F2O4S/c13-8-2-1-7(5-9(8)14)6-19(17)11-4-3-10(18-11)12(15)16/h1-5H,6H2,(H,15,16). The molecule has 1 unspecified atom stereocenters. The minimum atomic E-state index is -1.66. The molecule has 0 bridgehead atoms. The second kappa shape index (κ2) is 5.31. The molecule has 2 rings (SSSR count). The minimum Gasteiger partial charge on any atom is -0.475 e. The largest absolute Gasteiger partial charge is 0.475 e. The van der Waals surface area contributed by atoms with Gasteiger partial charge in [-0.3, -0.25) is 4.21 Å². The molecular formula is C12H8F2O4S. The summed E-state index contributed by atoms with van der Waals surface area (Å²) in [5.41, 5.74) is 0.325. The molecular weight excluding hydrogens is 278 g/mol. The summed E-state index contributed by atoms with van der Waals surface area (Å²) in [4.78, 5) is 10.6. The Morgan fingerprint density at radius 2 is 1.95 bits per heavy atom. The topological polar surface area (TPSA) is 67.5 Å². The van der Waals surface area contributed by atoms with Gasteiger partial charge in [-0.25, -0.2) is 13.6 Å². The summed E-state index contributed by atoms with van der Waals surface area (Å²) in [6, 6.07) is 5.64. The summed E-state index contributed by atoms with van der Waals surface area (Å²) in [5, 5.41) is 8.63. The van der Waals surface area contributed by atoms with Gasteiger partial charge in [0.25, 0.3) is 0 Å². The van der Waals surface area contributed by atoms with Crippen LogP contribution in [0.5, 0.6) is 0 Å². The third-order valence-corrected chi connectivity index (χ3v) is 3.56. The first-order valence-corrected chi connectivity index (χ1v) is 6.44. The van der Waals surface area contributed by atoms with Crippen LogP contribution in [0.4, 0.5) is 8.78 Å². The highest BCUT2D eigenvalue weighted by molar-refractivity contribution is 7.84. The van der Waals surface area contributed by atoms with Crippen molar-refractivity contribution < 1.29 is 27.3 Å². The van der Waals surface area contributed by atoms with E-state index in [1.807, 2.05) is 0 Å². The number of hydrogen-bond donors (Lipinski definition) is 1. The number of hydrogen-bond acceptors (Lipinski definition) is 3. The van der Waals surface area contributed by atoms with Gasteiger partial charge in [0.2, 0.25) is 5.76 Å². The molecule has 2 aromatic rings. The quantitative estimate of drug-likeness (QED) is 0.938. The lowest BCUT2D eigenvalue weighted by molar-refractivity contribution is 0.0656. The van der Waals surface area contributed by atoms with Gasteiger partial charge in [-0.1, -0.05) is 6.07 Å². The Balaban J connectivity index is 2.15. The van der Waals surface area contributed by atoms with Crippen LogP contribution in [0.25, 0.3) is 0 Å². The van der Waals surface area contributed by atoms with Gasteiger partial charge in [-0.05, 0) is 29.8 Å². The van der Waals surface area contributed by atoms with E-state index in [2.05, 4.69) is 0 Å². The van der Waals surface area contributed by atoms with E-state index >= 15 is 0 Å². The van der Waals surface area contributed by atoms with Crippen LogP contribution in [-0.2, 0) is 16.6 Å². The van der Waals surface area contributed by atoms with E-state index in [-0.39, 0.29) is 16.6 Å². The summed E-state index contributed by atoms with van der Waals surface area (Å²) in [6.45, 7) is 0. The highest BCUT2D eigenvalue weighted by atomic mass is 32.2. The molecule has 0 saturated carbocycles. The molecule has 0 saturated heterocycles. The van der Waals surface area contributed by atoms with Crippen molar-refractivity contribution in [2.45, 2.75) is 10.8 Å². The Morgan fingerprint density at radius 1 is 1.21 bits per heavy atom. The molecule has 0 aliphatic carbocycles. The number of aromatic carboxylic acids is 1. The van der Waals surface area contributed by atoms with Crippen LogP contribution < -0.4 is 0 Å². The molecule has 0 aliphatic rings. The van der Waals surface area contributed by atoms with E-state index in [1.54, 1.807) is 0 Å². The molecule has 0 fully saturated rings. The zero-order valence-electron chi connectivity index (χ0n) is 9.43. The van der Waals surface area contributed by atoms with E-state index in [0.29, 0.717) is 5.56 Å². The van der Waals surface area contributed by atoms with E-state index in [1.165, 1.54) is 18.2 Å². The lowest BCUT2D eigenvalue weighted by atomic mass is 10.2. The molecule has 4 nitrogen and oxygen atoms in total. The highest BCUT2D eigenvalue weighted by Gasteiger charge is 2.14. The first-order chi connectivity index (χ1) is 8.97. The van der Waals surface area contributed by atoms with Crippen LogP contribution in [0.1, 0.15) is 16.1 Å². The van der Waals surface area contributed by atoms with Crippen molar-refractivity contribution in [2.24, 2.45) is 0 Å². The van der Waals surface area contributed by atoms with Crippen molar-refractivity contribution in [3.05, 3.63) is 53.3 Å². The van der Waals surface area contributed by atoms with Gasteiger partial charge in [0.15, 0.2) is 16.7 Å². The zero-order valence-corrected chi connectivity index (χ0v) is 10.2. The van der Waals surface area contributed by atoms with Gasteiger partial charge in [0, 0.05) is 0 Å². The number of carbonyl (C=O) groups is 1. The fraction of sp³-hybridized carbons (Fsp3) is 0.0833. The van der Waals surface area contributed by atoms with Gasteiger partial charge in [-0.15, -0.1) is 0 Å². The molecule has 1 aromatic carbocycles. The Morgan fingerprint density at radius 3 is 2.53 bits per heavy atom.